The molecule has 4 rings (SSSR count). The number of carbonyl (C=O) groups is 2. The minimum absolute atomic E-state index is 0.0681. The second-order valence-electron chi connectivity index (χ2n) is 5.76. The van der Waals surface area contributed by atoms with Crippen molar-refractivity contribution < 1.29 is 9.59 Å². The summed E-state index contributed by atoms with van der Waals surface area (Å²) in [6.45, 7) is 2.18. The van der Waals surface area contributed by atoms with E-state index in [1.165, 1.54) is 9.80 Å². The fraction of sp³-hybridized carbons (Fsp3) is 0.167. The van der Waals surface area contributed by atoms with E-state index in [1.54, 1.807) is 0 Å². The molecule has 24 heavy (non-hydrogen) atoms. The second-order valence-corrected chi connectivity index (χ2v) is 5.76. The van der Waals surface area contributed by atoms with Crippen molar-refractivity contribution in [3.8, 4) is 0 Å². The highest BCUT2D eigenvalue weighted by Gasteiger charge is 2.37. The Morgan fingerprint density at radius 2 is 1.79 bits per heavy atom. The van der Waals surface area contributed by atoms with Gasteiger partial charge in [-0.3, -0.25) is 14.6 Å². The van der Waals surface area contributed by atoms with Crippen LogP contribution in [0.1, 0.15) is 11.4 Å². The summed E-state index contributed by atoms with van der Waals surface area (Å²) in [5.41, 5.74) is 3.21. The molecule has 1 aliphatic heterocycles. The Kier molecular flexibility index (Phi) is 3.30. The summed E-state index contributed by atoms with van der Waals surface area (Å²) >= 11 is 0. The summed E-state index contributed by atoms with van der Waals surface area (Å²) in [4.78, 5) is 32.3. The van der Waals surface area contributed by atoms with Crippen molar-refractivity contribution in [1.82, 2.24) is 14.3 Å². The van der Waals surface area contributed by atoms with E-state index in [0.717, 1.165) is 22.7 Å². The minimum Gasteiger partial charge on any atom is -0.302 e. The number of rotatable bonds is 3. The number of pyridine rings is 1. The quantitative estimate of drug-likeness (QED) is 0.697. The average molecular weight is 320 g/mol. The van der Waals surface area contributed by atoms with Crippen LogP contribution in [-0.2, 0) is 11.3 Å². The van der Waals surface area contributed by atoms with Gasteiger partial charge in [0.2, 0.25) is 0 Å². The number of aryl methyl sites for hydroxylation is 1. The van der Waals surface area contributed by atoms with Crippen LogP contribution in [0.4, 0.5) is 10.5 Å². The molecule has 3 amide bonds. The molecule has 0 radical (unpaired) electrons. The molecule has 1 aromatic carbocycles. The molecule has 0 unspecified atom stereocenters. The first-order chi connectivity index (χ1) is 11.6. The third-order valence-corrected chi connectivity index (χ3v) is 4.26. The number of imide groups is 1. The fourth-order valence-electron chi connectivity index (χ4n) is 3.01. The van der Waals surface area contributed by atoms with Crippen LogP contribution < -0.4 is 4.90 Å². The lowest BCUT2D eigenvalue weighted by molar-refractivity contribution is -0.125. The molecule has 2 aromatic heterocycles. The predicted molar refractivity (Wildman–Crippen MR) is 89.7 cm³/mol. The van der Waals surface area contributed by atoms with Crippen molar-refractivity contribution in [3.63, 3.8) is 0 Å². The van der Waals surface area contributed by atoms with E-state index < -0.39 is 0 Å². The van der Waals surface area contributed by atoms with Crippen molar-refractivity contribution in [2.24, 2.45) is 0 Å². The number of para-hydroxylation sites is 1. The summed E-state index contributed by atoms with van der Waals surface area (Å²) < 4.78 is 1.92. The lowest BCUT2D eigenvalue weighted by atomic mass is 10.3. The van der Waals surface area contributed by atoms with Gasteiger partial charge in [-0.2, -0.15) is 0 Å². The van der Waals surface area contributed by atoms with E-state index in [9.17, 15) is 9.59 Å². The largest absolute Gasteiger partial charge is 0.332 e. The first-order valence-corrected chi connectivity index (χ1v) is 7.74. The Bertz CT molecular complexity index is 933. The van der Waals surface area contributed by atoms with E-state index in [4.69, 9.17) is 0 Å². The van der Waals surface area contributed by atoms with Crippen LogP contribution in [0.2, 0.25) is 0 Å². The van der Waals surface area contributed by atoms with Crippen molar-refractivity contribution in [1.29, 1.82) is 0 Å². The molecule has 0 aliphatic carbocycles. The van der Waals surface area contributed by atoms with E-state index >= 15 is 0 Å². The number of aromatic nitrogens is 2. The average Bonchev–Trinajstić information content (AvgIpc) is 3.07. The number of carbonyl (C=O) groups excluding carboxylic acids is 2. The molecular weight excluding hydrogens is 304 g/mol. The Balaban J connectivity index is 1.66. The molecule has 1 aliphatic rings. The van der Waals surface area contributed by atoms with Gasteiger partial charge < -0.3 is 4.40 Å². The van der Waals surface area contributed by atoms with Crippen LogP contribution in [-0.4, -0.2) is 32.8 Å². The smallest absolute Gasteiger partial charge is 0.302 e. The number of fused-ring (bicyclic) bond motifs is 1. The van der Waals surface area contributed by atoms with Gasteiger partial charge in [-0.1, -0.05) is 24.3 Å². The number of nitrogens with zero attached hydrogens (tertiary/aromatic N) is 4. The van der Waals surface area contributed by atoms with Gasteiger partial charge in [0.05, 0.1) is 17.9 Å². The second kappa shape index (κ2) is 5.49. The van der Waals surface area contributed by atoms with Gasteiger partial charge in [-0.15, -0.1) is 0 Å². The van der Waals surface area contributed by atoms with E-state index in [1.807, 2.05) is 66.1 Å². The number of benzene rings is 1. The van der Waals surface area contributed by atoms with Crippen molar-refractivity contribution >= 4 is 23.3 Å². The van der Waals surface area contributed by atoms with Crippen LogP contribution in [0.25, 0.3) is 5.65 Å². The minimum atomic E-state index is -0.295. The highest BCUT2D eigenvalue weighted by molar-refractivity contribution is 6.12. The van der Waals surface area contributed by atoms with Crippen molar-refractivity contribution in [2.75, 3.05) is 11.4 Å². The molecular formula is C18H16N4O2. The Morgan fingerprint density at radius 1 is 1.04 bits per heavy atom. The molecule has 0 spiro atoms. The first-order valence-electron chi connectivity index (χ1n) is 7.74. The zero-order chi connectivity index (χ0) is 16.7. The van der Waals surface area contributed by atoms with Gasteiger partial charge in [-0.05, 0) is 31.2 Å². The zero-order valence-electron chi connectivity index (χ0n) is 13.2. The van der Waals surface area contributed by atoms with Crippen molar-refractivity contribution in [2.45, 2.75) is 13.5 Å². The van der Waals surface area contributed by atoms with Gasteiger partial charge in [0, 0.05) is 11.9 Å². The first kappa shape index (κ1) is 14.4. The third-order valence-electron chi connectivity index (χ3n) is 4.26. The predicted octanol–water partition coefficient (Wildman–Crippen LogP) is 2.61. The van der Waals surface area contributed by atoms with Gasteiger partial charge in [0.1, 0.15) is 12.2 Å². The summed E-state index contributed by atoms with van der Waals surface area (Å²) in [7, 11) is 0. The third kappa shape index (κ3) is 2.23. The Morgan fingerprint density at radius 3 is 2.58 bits per heavy atom. The molecule has 0 bridgehead atoms. The highest BCUT2D eigenvalue weighted by Crippen LogP contribution is 2.23. The Labute approximate surface area is 138 Å². The topological polar surface area (TPSA) is 57.9 Å². The van der Waals surface area contributed by atoms with Crippen LogP contribution in [0.5, 0.6) is 0 Å². The summed E-state index contributed by atoms with van der Waals surface area (Å²) in [6, 6.07) is 14.7. The zero-order valence-corrected chi connectivity index (χ0v) is 13.2. The maximum atomic E-state index is 12.7. The molecule has 1 saturated heterocycles. The number of hydrogen-bond donors (Lipinski definition) is 0. The Hall–Kier alpha value is -3.15. The summed E-state index contributed by atoms with van der Waals surface area (Å²) in [5, 5.41) is 0. The lowest BCUT2D eigenvalue weighted by Gasteiger charge is -2.17. The monoisotopic (exact) mass is 320 g/mol. The van der Waals surface area contributed by atoms with Gasteiger partial charge in [0.15, 0.2) is 0 Å². The standard InChI is InChI=1S/C18H16N4O2/c1-13-15(20-10-6-5-9-16(20)19-13)11-22-17(23)12-21(18(22)24)14-7-3-2-4-8-14/h2-10H,11-12H2,1H3. The molecule has 6 nitrogen and oxygen atoms in total. The molecule has 0 N–H and O–H groups in total. The van der Waals surface area contributed by atoms with Gasteiger partial charge in [0.25, 0.3) is 5.91 Å². The number of imidazole rings is 1. The number of amides is 3. The molecule has 1 fully saturated rings. The van der Waals surface area contributed by atoms with Gasteiger partial charge in [-0.25, -0.2) is 9.78 Å². The van der Waals surface area contributed by atoms with Crippen LogP contribution >= 0.6 is 0 Å². The maximum Gasteiger partial charge on any atom is 0.332 e. The molecule has 3 heterocycles. The molecule has 3 aromatic rings. The lowest BCUT2D eigenvalue weighted by Crippen LogP contribution is -2.33. The molecule has 0 saturated carbocycles. The maximum absolute atomic E-state index is 12.7. The normalized spacial score (nSPS) is 14.9. The van der Waals surface area contributed by atoms with Crippen LogP contribution in [0.3, 0.4) is 0 Å². The fourth-order valence-corrected chi connectivity index (χ4v) is 3.01. The number of urea groups is 1. The molecule has 0 atom stereocenters. The van der Waals surface area contributed by atoms with E-state index in [2.05, 4.69) is 4.98 Å². The summed E-state index contributed by atoms with van der Waals surface area (Å²) in [5.74, 6) is -0.200. The number of hydrogen-bond acceptors (Lipinski definition) is 3. The van der Waals surface area contributed by atoms with Crippen molar-refractivity contribution in [3.05, 3.63) is 66.1 Å². The SMILES string of the molecule is Cc1nc2ccccn2c1CN1C(=O)CN(c2ccccc2)C1=O. The van der Waals surface area contributed by atoms with Crippen LogP contribution in [0, 0.1) is 6.92 Å². The van der Waals surface area contributed by atoms with Gasteiger partial charge >= 0.3 is 6.03 Å². The van der Waals surface area contributed by atoms with E-state index in [-0.39, 0.29) is 25.0 Å². The highest BCUT2D eigenvalue weighted by atomic mass is 16.2. The summed E-state index contributed by atoms with van der Waals surface area (Å²) in [6.07, 6.45) is 1.89. The van der Waals surface area contributed by atoms with E-state index in [0.29, 0.717) is 0 Å². The molecule has 6 heteroatoms. The molecule has 120 valence electrons. The number of anilines is 1. The van der Waals surface area contributed by atoms with Crippen LogP contribution in [0.15, 0.2) is 54.7 Å².